The summed E-state index contributed by atoms with van der Waals surface area (Å²) in [6, 6.07) is 27.3. The Bertz CT molecular complexity index is 1440. The van der Waals surface area contributed by atoms with Crippen LogP contribution in [-0.4, -0.2) is 17.9 Å². The van der Waals surface area contributed by atoms with Gasteiger partial charge < -0.3 is 0 Å². The Kier molecular flexibility index (Phi) is 5.06. The van der Waals surface area contributed by atoms with E-state index in [1.165, 1.54) is 4.90 Å². The van der Waals surface area contributed by atoms with Crippen molar-refractivity contribution in [1.29, 1.82) is 0 Å². The largest absolute Gasteiger partial charge is 0.273 e. The highest BCUT2D eigenvalue weighted by Gasteiger charge is 2.60. The quantitative estimate of drug-likeness (QED) is 0.322. The van der Waals surface area contributed by atoms with Gasteiger partial charge in [0.1, 0.15) is 5.92 Å². The lowest BCUT2D eigenvalue weighted by Gasteiger charge is -2.29. The number of para-hydroxylation sites is 1. The Morgan fingerprint density at radius 3 is 2.21 bits per heavy atom. The average molecular weight is 489 g/mol. The van der Waals surface area contributed by atoms with Crippen molar-refractivity contribution in [2.45, 2.75) is 12.1 Å². The minimum absolute atomic E-state index is 0.320. The Labute approximate surface area is 206 Å². The fourth-order valence-electron chi connectivity index (χ4n) is 4.84. The number of hydrogen-bond donors (Lipinski definition) is 0. The molecule has 4 aromatic carbocycles. The molecule has 5 nitrogen and oxygen atoms in total. The molecule has 7 heteroatoms. The second-order valence-electron chi connectivity index (χ2n) is 8.37. The third-order valence-electron chi connectivity index (χ3n) is 6.40. The molecule has 3 unspecified atom stereocenters. The number of anilines is 2. The van der Waals surface area contributed by atoms with E-state index in [1.807, 2.05) is 66.7 Å². The monoisotopic (exact) mass is 488 g/mol. The number of imide groups is 1. The molecule has 2 fully saturated rings. The maximum Gasteiger partial charge on any atom is 0.266 e. The second kappa shape index (κ2) is 8.13. The van der Waals surface area contributed by atoms with Gasteiger partial charge in [0.15, 0.2) is 6.10 Å². The lowest BCUT2D eigenvalue weighted by molar-refractivity contribution is -0.126. The first kappa shape index (κ1) is 21.2. The Balaban J connectivity index is 1.45. The van der Waals surface area contributed by atoms with E-state index in [0.717, 1.165) is 16.5 Å². The Hall–Kier alpha value is -3.38. The summed E-state index contributed by atoms with van der Waals surface area (Å²) in [6.45, 7) is 0. The van der Waals surface area contributed by atoms with E-state index in [2.05, 4.69) is 0 Å². The third kappa shape index (κ3) is 3.28. The van der Waals surface area contributed by atoms with Crippen molar-refractivity contribution in [1.82, 2.24) is 0 Å². The van der Waals surface area contributed by atoms with Gasteiger partial charge in [-0.1, -0.05) is 77.8 Å². The molecule has 2 heterocycles. The maximum absolute atomic E-state index is 13.8. The first-order valence-electron chi connectivity index (χ1n) is 10.9. The molecule has 4 aromatic rings. The lowest BCUT2D eigenvalue weighted by Crippen LogP contribution is -2.37. The van der Waals surface area contributed by atoms with E-state index in [4.69, 9.17) is 28.0 Å². The molecule has 2 aliphatic heterocycles. The normalized spacial score (nSPS) is 22.0. The Morgan fingerprint density at radius 2 is 1.44 bits per heavy atom. The van der Waals surface area contributed by atoms with Crippen LogP contribution in [0.1, 0.15) is 11.6 Å². The number of fused-ring (bicyclic) bond motifs is 2. The number of benzene rings is 4. The van der Waals surface area contributed by atoms with Crippen molar-refractivity contribution in [3.63, 3.8) is 0 Å². The highest BCUT2D eigenvalue weighted by molar-refractivity contribution is 6.35. The van der Waals surface area contributed by atoms with Gasteiger partial charge in [-0.2, -0.15) is 0 Å². The summed E-state index contributed by atoms with van der Waals surface area (Å²) in [5.74, 6) is -1.48. The summed E-state index contributed by atoms with van der Waals surface area (Å²) in [6.07, 6.45) is -0.962. The molecule has 0 aliphatic carbocycles. The second-order valence-corrected chi connectivity index (χ2v) is 9.21. The highest BCUT2D eigenvalue weighted by Crippen LogP contribution is 2.49. The summed E-state index contributed by atoms with van der Waals surface area (Å²) in [5.41, 5.74) is 1.92. The van der Waals surface area contributed by atoms with Gasteiger partial charge in [-0.05, 0) is 52.7 Å². The average Bonchev–Trinajstić information content (AvgIpc) is 3.35. The van der Waals surface area contributed by atoms with Gasteiger partial charge in [0.25, 0.3) is 5.91 Å². The molecule has 0 aromatic heterocycles. The van der Waals surface area contributed by atoms with Crippen LogP contribution in [0.4, 0.5) is 11.4 Å². The van der Waals surface area contributed by atoms with Crippen LogP contribution in [0.25, 0.3) is 10.8 Å². The van der Waals surface area contributed by atoms with E-state index in [9.17, 15) is 9.59 Å². The summed E-state index contributed by atoms with van der Waals surface area (Å²) < 4.78 is 0. The van der Waals surface area contributed by atoms with Crippen molar-refractivity contribution in [2.24, 2.45) is 5.92 Å². The summed E-state index contributed by atoms with van der Waals surface area (Å²) in [4.78, 5) is 34.7. The molecule has 0 N–H and O–H groups in total. The molecule has 2 aliphatic rings. The van der Waals surface area contributed by atoms with E-state index < -0.39 is 24.0 Å². The zero-order valence-corrected chi connectivity index (χ0v) is 19.3. The molecule has 6 rings (SSSR count). The first-order valence-corrected chi connectivity index (χ1v) is 11.6. The van der Waals surface area contributed by atoms with Gasteiger partial charge in [0.2, 0.25) is 5.91 Å². The fourth-order valence-corrected chi connectivity index (χ4v) is 5.36. The van der Waals surface area contributed by atoms with E-state index >= 15 is 0 Å². The molecule has 0 bridgehead atoms. The van der Waals surface area contributed by atoms with Crippen molar-refractivity contribution < 1.29 is 14.4 Å². The van der Waals surface area contributed by atoms with Crippen LogP contribution in [0.2, 0.25) is 10.0 Å². The maximum atomic E-state index is 13.8. The summed E-state index contributed by atoms with van der Waals surface area (Å²) in [5, 5.41) is 4.50. The van der Waals surface area contributed by atoms with E-state index in [-0.39, 0.29) is 5.91 Å². The van der Waals surface area contributed by atoms with Gasteiger partial charge in [-0.15, -0.1) is 0 Å². The molecule has 0 spiro atoms. The molecule has 0 saturated carbocycles. The smallest absolute Gasteiger partial charge is 0.266 e. The van der Waals surface area contributed by atoms with Crippen LogP contribution in [0.15, 0.2) is 91.0 Å². The molecule has 2 amide bonds. The van der Waals surface area contributed by atoms with Crippen LogP contribution in [-0.2, 0) is 14.4 Å². The number of amides is 2. The van der Waals surface area contributed by atoms with Crippen molar-refractivity contribution in [3.05, 3.63) is 107 Å². The zero-order chi connectivity index (χ0) is 23.4. The number of nitrogens with zero attached hydrogens (tertiary/aromatic N) is 2. The first-order chi connectivity index (χ1) is 16.5. The standard InChI is InChI=1S/C27H18Cl2N2O3/c28-18-11-13-21(22(29)15-18)24-23-25(34-31(24)19-8-2-1-3-9-19)27(33)30(26(23)32)20-12-10-16-6-4-5-7-17(16)14-20/h1-15,23-25H. The van der Waals surface area contributed by atoms with Gasteiger partial charge in [-0.25, -0.2) is 9.96 Å². The number of rotatable bonds is 3. The number of carbonyl (C=O) groups excluding carboxylic acids is 2. The number of hydroxylamine groups is 1. The molecular formula is C27H18Cl2N2O3. The van der Waals surface area contributed by atoms with Crippen LogP contribution in [0.5, 0.6) is 0 Å². The topological polar surface area (TPSA) is 49.9 Å². The lowest BCUT2D eigenvalue weighted by atomic mass is 9.90. The predicted octanol–water partition coefficient (Wildman–Crippen LogP) is 6.20. The Morgan fingerprint density at radius 1 is 0.706 bits per heavy atom. The van der Waals surface area contributed by atoms with Gasteiger partial charge in [0, 0.05) is 10.0 Å². The molecular weight excluding hydrogens is 471 g/mol. The van der Waals surface area contributed by atoms with Crippen molar-refractivity contribution in [2.75, 3.05) is 9.96 Å². The fraction of sp³-hybridized carbons (Fsp3) is 0.111. The summed E-state index contributed by atoms with van der Waals surface area (Å²) >= 11 is 12.7. The molecule has 0 radical (unpaired) electrons. The highest BCUT2D eigenvalue weighted by atomic mass is 35.5. The summed E-state index contributed by atoms with van der Waals surface area (Å²) in [7, 11) is 0. The number of carbonyl (C=O) groups is 2. The van der Waals surface area contributed by atoms with E-state index in [1.54, 1.807) is 29.3 Å². The van der Waals surface area contributed by atoms with Crippen LogP contribution in [0.3, 0.4) is 0 Å². The molecule has 3 atom stereocenters. The van der Waals surface area contributed by atoms with Crippen molar-refractivity contribution in [3.8, 4) is 0 Å². The SMILES string of the molecule is O=C1C2ON(c3ccccc3)C(c3ccc(Cl)cc3Cl)C2C(=O)N1c1ccc2ccccc2c1. The molecule has 2 saturated heterocycles. The van der Waals surface area contributed by atoms with Crippen molar-refractivity contribution >= 4 is 57.2 Å². The van der Waals surface area contributed by atoms with Gasteiger partial charge in [-0.3, -0.25) is 14.4 Å². The third-order valence-corrected chi connectivity index (χ3v) is 6.96. The zero-order valence-electron chi connectivity index (χ0n) is 17.8. The molecule has 34 heavy (non-hydrogen) atoms. The number of hydrogen-bond acceptors (Lipinski definition) is 4. The van der Waals surface area contributed by atoms with E-state index in [0.29, 0.717) is 21.3 Å². The minimum atomic E-state index is -0.962. The van der Waals surface area contributed by atoms with Gasteiger partial charge in [0.05, 0.1) is 17.4 Å². The van der Waals surface area contributed by atoms with Crippen LogP contribution in [0, 0.1) is 5.92 Å². The molecule has 168 valence electrons. The van der Waals surface area contributed by atoms with Crippen LogP contribution >= 0.6 is 23.2 Å². The van der Waals surface area contributed by atoms with Crippen LogP contribution < -0.4 is 9.96 Å². The van der Waals surface area contributed by atoms with Gasteiger partial charge >= 0.3 is 0 Å². The predicted molar refractivity (Wildman–Crippen MR) is 133 cm³/mol. The number of halogens is 2. The minimum Gasteiger partial charge on any atom is -0.273 e.